The van der Waals surface area contributed by atoms with Gasteiger partial charge in [-0.05, 0) is 56.5 Å². The number of benzene rings is 2. The van der Waals surface area contributed by atoms with Gasteiger partial charge in [0.15, 0.2) is 0 Å². The van der Waals surface area contributed by atoms with Crippen LogP contribution in [-0.2, 0) is 4.79 Å². The van der Waals surface area contributed by atoms with Gasteiger partial charge in [0.2, 0.25) is 0 Å². The van der Waals surface area contributed by atoms with Crippen LogP contribution < -0.4 is 10.2 Å². The van der Waals surface area contributed by atoms with E-state index in [-0.39, 0.29) is 11.5 Å². The molecule has 1 heterocycles. The number of aliphatic carboxylic acids is 1. The van der Waals surface area contributed by atoms with Crippen LogP contribution in [0.25, 0.3) is 0 Å². The average molecular weight is 452 g/mol. The van der Waals surface area contributed by atoms with Crippen molar-refractivity contribution in [1.29, 1.82) is 0 Å². The number of aryl methyl sites for hydroxylation is 1. The number of hydrogen-bond donors (Lipinski definition) is 3. The minimum absolute atomic E-state index is 0.115. The minimum Gasteiger partial charge on any atom is -0.478 e. The highest BCUT2D eigenvalue weighted by Gasteiger charge is 2.38. The molecule has 1 aliphatic heterocycles. The van der Waals surface area contributed by atoms with E-state index < -0.39 is 18.1 Å². The lowest BCUT2D eigenvalue weighted by molar-refractivity contribution is -0.192. The molecule has 0 aromatic heterocycles. The number of carboxylic acids is 2. The Labute approximate surface area is 182 Å². The van der Waals surface area contributed by atoms with Crippen molar-refractivity contribution < 1.29 is 37.8 Å². The third kappa shape index (κ3) is 7.00. The molecular formula is C22H23F3N2O5. The molecule has 2 aromatic carbocycles. The molecule has 7 nitrogen and oxygen atoms in total. The van der Waals surface area contributed by atoms with E-state index in [2.05, 4.69) is 10.2 Å². The van der Waals surface area contributed by atoms with Gasteiger partial charge in [-0.15, -0.1) is 0 Å². The molecule has 3 rings (SSSR count). The summed E-state index contributed by atoms with van der Waals surface area (Å²) in [6.45, 7) is 3.79. The largest absolute Gasteiger partial charge is 0.490 e. The van der Waals surface area contributed by atoms with Crippen molar-refractivity contribution in [3.63, 3.8) is 0 Å². The molecule has 32 heavy (non-hydrogen) atoms. The van der Waals surface area contributed by atoms with Gasteiger partial charge in [0.1, 0.15) is 0 Å². The molecule has 0 atom stereocenters. The fourth-order valence-electron chi connectivity index (χ4n) is 3.15. The van der Waals surface area contributed by atoms with E-state index in [0.29, 0.717) is 11.3 Å². The lowest BCUT2D eigenvalue weighted by Gasteiger charge is -2.29. The molecule has 1 aliphatic rings. The van der Waals surface area contributed by atoms with Crippen LogP contribution in [0.2, 0.25) is 0 Å². The number of nitrogens with one attached hydrogen (secondary N) is 1. The van der Waals surface area contributed by atoms with Gasteiger partial charge in [0, 0.05) is 24.3 Å². The molecule has 0 unspecified atom stereocenters. The van der Waals surface area contributed by atoms with E-state index in [0.717, 1.165) is 37.2 Å². The minimum atomic E-state index is -5.08. The molecule has 1 saturated heterocycles. The standard InChI is InChI=1S/C20H22N2O3.C2HF3O2/c1-14-6-5-7-15(12-14)19(23)21-18-9-8-16(13-17(18)20(24)25)22-10-3-2-4-11-22;3-2(4,5)1(6)7/h5-9,12-13H,2-4,10-11H2,1H3,(H,21,23)(H,24,25);(H,6,7). The molecule has 0 spiro atoms. The number of hydrogen-bond acceptors (Lipinski definition) is 4. The Morgan fingerprint density at radius 1 is 0.969 bits per heavy atom. The van der Waals surface area contributed by atoms with Gasteiger partial charge in [0.25, 0.3) is 5.91 Å². The predicted octanol–water partition coefficient (Wildman–Crippen LogP) is 4.57. The molecule has 0 bridgehead atoms. The van der Waals surface area contributed by atoms with E-state index in [1.807, 2.05) is 25.1 Å². The van der Waals surface area contributed by atoms with Crippen molar-refractivity contribution in [3.8, 4) is 0 Å². The summed E-state index contributed by atoms with van der Waals surface area (Å²) in [6, 6.07) is 12.4. The first kappa shape index (κ1) is 24.7. The Hall–Kier alpha value is -3.56. The van der Waals surface area contributed by atoms with Gasteiger partial charge >= 0.3 is 18.1 Å². The number of aromatic carboxylic acids is 1. The Balaban J connectivity index is 0.000000451. The van der Waals surface area contributed by atoms with Gasteiger partial charge in [-0.25, -0.2) is 9.59 Å². The predicted molar refractivity (Wildman–Crippen MR) is 112 cm³/mol. The smallest absolute Gasteiger partial charge is 0.478 e. The summed E-state index contributed by atoms with van der Waals surface area (Å²) in [7, 11) is 0. The van der Waals surface area contributed by atoms with Gasteiger partial charge in [-0.2, -0.15) is 13.2 Å². The topological polar surface area (TPSA) is 107 Å². The Morgan fingerprint density at radius 3 is 2.12 bits per heavy atom. The fraction of sp³-hybridized carbons (Fsp3) is 0.318. The van der Waals surface area contributed by atoms with Crippen molar-refractivity contribution in [1.82, 2.24) is 0 Å². The Kier molecular flexibility index (Phi) is 8.22. The summed E-state index contributed by atoms with van der Waals surface area (Å²) >= 11 is 0. The van der Waals surface area contributed by atoms with Crippen molar-refractivity contribution in [3.05, 3.63) is 59.2 Å². The molecule has 0 radical (unpaired) electrons. The number of alkyl halides is 3. The lowest BCUT2D eigenvalue weighted by atomic mass is 10.1. The molecule has 0 saturated carbocycles. The molecule has 2 aromatic rings. The zero-order valence-electron chi connectivity index (χ0n) is 17.3. The molecule has 10 heteroatoms. The maximum atomic E-state index is 12.4. The van der Waals surface area contributed by atoms with E-state index in [9.17, 15) is 27.9 Å². The molecule has 3 N–H and O–H groups in total. The van der Waals surface area contributed by atoms with E-state index in [4.69, 9.17) is 9.90 Å². The van der Waals surface area contributed by atoms with Crippen LogP contribution in [0.15, 0.2) is 42.5 Å². The zero-order chi connectivity index (χ0) is 23.9. The average Bonchev–Trinajstić information content (AvgIpc) is 2.74. The van der Waals surface area contributed by atoms with Crippen LogP contribution in [0, 0.1) is 6.92 Å². The van der Waals surface area contributed by atoms with Crippen LogP contribution in [0.3, 0.4) is 0 Å². The number of anilines is 2. The molecule has 172 valence electrons. The van der Waals surface area contributed by atoms with E-state index in [1.54, 1.807) is 24.3 Å². The maximum absolute atomic E-state index is 12.4. The second-order valence-electron chi connectivity index (χ2n) is 7.21. The number of carboxylic acid groups (broad SMARTS) is 2. The summed E-state index contributed by atoms with van der Waals surface area (Å²) in [4.78, 5) is 35.2. The quantitative estimate of drug-likeness (QED) is 0.628. The third-order valence-electron chi connectivity index (χ3n) is 4.73. The van der Waals surface area contributed by atoms with Gasteiger partial charge < -0.3 is 20.4 Å². The van der Waals surface area contributed by atoms with Crippen LogP contribution in [0.1, 0.15) is 45.5 Å². The number of rotatable bonds is 4. The van der Waals surface area contributed by atoms with Crippen LogP contribution in [0.5, 0.6) is 0 Å². The monoisotopic (exact) mass is 452 g/mol. The normalized spacial score (nSPS) is 13.6. The van der Waals surface area contributed by atoms with Crippen molar-refractivity contribution in [2.45, 2.75) is 32.4 Å². The Bertz CT molecular complexity index is 986. The summed E-state index contributed by atoms with van der Waals surface area (Å²) in [6.07, 6.45) is -1.63. The number of nitrogens with zero attached hydrogens (tertiary/aromatic N) is 1. The fourth-order valence-corrected chi connectivity index (χ4v) is 3.15. The van der Waals surface area contributed by atoms with Gasteiger partial charge in [-0.3, -0.25) is 4.79 Å². The first-order valence-electron chi connectivity index (χ1n) is 9.79. The first-order chi connectivity index (χ1) is 15.0. The highest BCUT2D eigenvalue weighted by molar-refractivity contribution is 6.08. The van der Waals surface area contributed by atoms with Gasteiger partial charge in [0.05, 0.1) is 11.3 Å². The highest BCUT2D eigenvalue weighted by Crippen LogP contribution is 2.26. The molecular weight excluding hydrogens is 429 g/mol. The van der Waals surface area contributed by atoms with Crippen LogP contribution >= 0.6 is 0 Å². The summed E-state index contributed by atoms with van der Waals surface area (Å²) in [5.41, 5.74) is 2.82. The second kappa shape index (κ2) is 10.7. The van der Waals surface area contributed by atoms with Crippen molar-refractivity contribution >= 4 is 29.2 Å². The molecule has 1 fully saturated rings. The number of carbonyl (C=O) groups excluding carboxylic acids is 1. The van der Waals surface area contributed by atoms with Crippen LogP contribution in [-0.4, -0.2) is 47.3 Å². The SMILES string of the molecule is Cc1cccc(C(=O)Nc2ccc(N3CCCCC3)cc2C(=O)O)c1.O=C(O)C(F)(F)F. The zero-order valence-corrected chi connectivity index (χ0v) is 17.3. The number of piperidine rings is 1. The third-order valence-corrected chi connectivity index (χ3v) is 4.73. The summed E-state index contributed by atoms with van der Waals surface area (Å²) in [5.74, 6) is -4.11. The molecule has 1 amide bonds. The first-order valence-corrected chi connectivity index (χ1v) is 9.79. The number of halogens is 3. The highest BCUT2D eigenvalue weighted by atomic mass is 19.4. The molecule has 0 aliphatic carbocycles. The summed E-state index contributed by atoms with van der Waals surface area (Å²) < 4.78 is 31.7. The number of carbonyl (C=O) groups is 3. The van der Waals surface area contributed by atoms with Crippen LogP contribution in [0.4, 0.5) is 24.5 Å². The number of amides is 1. The maximum Gasteiger partial charge on any atom is 0.490 e. The van der Waals surface area contributed by atoms with Crippen molar-refractivity contribution in [2.24, 2.45) is 0 Å². The Morgan fingerprint density at radius 2 is 1.59 bits per heavy atom. The second-order valence-corrected chi connectivity index (χ2v) is 7.21. The summed E-state index contributed by atoms with van der Waals surface area (Å²) in [5, 5.41) is 19.4. The van der Waals surface area contributed by atoms with Crippen molar-refractivity contribution in [2.75, 3.05) is 23.3 Å². The van der Waals surface area contributed by atoms with Gasteiger partial charge in [-0.1, -0.05) is 17.7 Å². The van der Waals surface area contributed by atoms with E-state index in [1.165, 1.54) is 6.42 Å². The lowest BCUT2D eigenvalue weighted by Crippen LogP contribution is -2.29. The van der Waals surface area contributed by atoms with E-state index >= 15 is 0 Å².